The van der Waals surface area contributed by atoms with E-state index in [1.165, 1.54) is 30.5 Å². The van der Waals surface area contributed by atoms with Crippen LogP contribution in [0.3, 0.4) is 0 Å². The number of nitrogens with zero attached hydrogens (tertiary/aromatic N) is 1. The minimum Gasteiger partial charge on any atom is -0.508 e. The highest BCUT2D eigenvalue weighted by Gasteiger charge is 2.14. The first-order valence-electron chi connectivity index (χ1n) is 7.24. The van der Waals surface area contributed by atoms with Gasteiger partial charge in [-0.3, -0.25) is 10.1 Å². The molecule has 2 aromatic heterocycles. The Hall–Kier alpha value is -3.35. The summed E-state index contributed by atoms with van der Waals surface area (Å²) in [7, 11) is 0. The highest BCUT2D eigenvalue weighted by atomic mass is 16.5. The predicted octanol–water partition coefficient (Wildman–Crippen LogP) is 3.13. The molecule has 0 spiro atoms. The number of phenols is 1. The third-order valence-electron chi connectivity index (χ3n) is 3.28. The average Bonchev–Trinajstić information content (AvgIpc) is 2.56. The highest BCUT2D eigenvalue weighted by molar-refractivity contribution is 5.89. The number of aromatic nitrogens is 1. The number of rotatable bonds is 3. The Morgan fingerprint density at radius 1 is 1.33 bits per heavy atom. The van der Waals surface area contributed by atoms with Crippen molar-refractivity contribution in [2.75, 3.05) is 11.9 Å². The minimum absolute atomic E-state index is 0.0198. The summed E-state index contributed by atoms with van der Waals surface area (Å²) in [6.45, 7) is 1.92. The molecule has 0 fully saturated rings. The number of hydrogen-bond acceptors (Lipinski definition) is 6. The molecular formula is C17H14N2O5. The molecule has 0 radical (unpaired) electrons. The van der Waals surface area contributed by atoms with E-state index in [0.29, 0.717) is 11.1 Å². The van der Waals surface area contributed by atoms with Crippen LogP contribution in [0.5, 0.6) is 5.75 Å². The summed E-state index contributed by atoms with van der Waals surface area (Å²) in [6, 6.07) is 8.88. The topological polar surface area (TPSA) is 102 Å². The van der Waals surface area contributed by atoms with E-state index in [1.807, 2.05) is 0 Å². The molecule has 2 N–H and O–H groups in total. The SMILES string of the molecule is CCOC(=O)Nc1ncccc1-c1cc(=O)c2cc(O)ccc2o1. The molecule has 0 unspecified atom stereocenters. The maximum Gasteiger partial charge on any atom is 0.412 e. The van der Waals surface area contributed by atoms with E-state index in [-0.39, 0.29) is 34.7 Å². The Kier molecular flexibility index (Phi) is 4.15. The third kappa shape index (κ3) is 3.05. The summed E-state index contributed by atoms with van der Waals surface area (Å²) in [4.78, 5) is 28.0. The van der Waals surface area contributed by atoms with E-state index >= 15 is 0 Å². The fraction of sp³-hybridized carbons (Fsp3) is 0.118. The number of anilines is 1. The third-order valence-corrected chi connectivity index (χ3v) is 3.28. The smallest absolute Gasteiger partial charge is 0.412 e. The van der Waals surface area contributed by atoms with Crippen LogP contribution < -0.4 is 10.7 Å². The molecule has 0 aliphatic carbocycles. The van der Waals surface area contributed by atoms with E-state index in [9.17, 15) is 14.7 Å². The van der Waals surface area contributed by atoms with E-state index in [0.717, 1.165) is 0 Å². The largest absolute Gasteiger partial charge is 0.508 e. The molecule has 1 amide bonds. The molecule has 0 saturated carbocycles. The Morgan fingerprint density at radius 3 is 2.96 bits per heavy atom. The number of aromatic hydroxyl groups is 1. The Balaban J connectivity index is 2.09. The van der Waals surface area contributed by atoms with E-state index in [4.69, 9.17) is 9.15 Å². The van der Waals surface area contributed by atoms with Crippen molar-refractivity contribution in [1.29, 1.82) is 0 Å². The quantitative estimate of drug-likeness (QED) is 0.766. The van der Waals surface area contributed by atoms with Crippen LogP contribution in [0, 0.1) is 0 Å². The first-order valence-corrected chi connectivity index (χ1v) is 7.24. The van der Waals surface area contributed by atoms with E-state index in [1.54, 1.807) is 19.1 Å². The van der Waals surface area contributed by atoms with Gasteiger partial charge in [0.15, 0.2) is 5.43 Å². The normalized spacial score (nSPS) is 10.5. The van der Waals surface area contributed by atoms with Gasteiger partial charge < -0.3 is 14.3 Å². The zero-order chi connectivity index (χ0) is 17.1. The average molecular weight is 326 g/mol. The lowest BCUT2D eigenvalue weighted by atomic mass is 10.1. The van der Waals surface area contributed by atoms with Gasteiger partial charge >= 0.3 is 6.09 Å². The van der Waals surface area contributed by atoms with Crippen LogP contribution in [0.25, 0.3) is 22.3 Å². The van der Waals surface area contributed by atoms with Crippen LogP contribution in [0.2, 0.25) is 0 Å². The van der Waals surface area contributed by atoms with Crippen molar-refractivity contribution in [2.45, 2.75) is 6.92 Å². The van der Waals surface area contributed by atoms with Gasteiger partial charge in [0.2, 0.25) is 0 Å². The summed E-state index contributed by atoms with van der Waals surface area (Å²) in [5.74, 6) is 0.448. The summed E-state index contributed by atoms with van der Waals surface area (Å²) >= 11 is 0. The molecule has 3 rings (SSSR count). The van der Waals surface area contributed by atoms with Crippen molar-refractivity contribution in [3.05, 3.63) is 52.8 Å². The lowest BCUT2D eigenvalue weighted by Crippen LogP contribution is -2.15. The minimum atomic E-state index is -0.648. The molecule has 24 heavy (non-hydrogen) atoms. The lowest BCUT2D eigenvalue weighted by molar-refractivity contribution is 0.168. The van der Waals surface area contributed by atoms with Crippen molar-refractivity contribution in [3.8, 4) is 17.1 Å². The number of nitrogens with one attached hydrogen (secondary N) is 1. The molecule has 2 heterocycles. The molecule has 0 bridgehead atoms. The molecule has 0 aliphatic heterocycles. The zero-order valence-electron chi connectivity index (χ0n) is 12.8. The Bertz CT molecular complexity index is 965. The van der Waals surface area contributed by atoms with Crippen LogP contribution >= 0.6 is 0 Å². The monoisotopic (exact) mass is 326 g/mol. The van der Waals surface area contributed by atoms with Gasteiger partial charge in [-0.25, -0.2) is 9.78 Å². The molecule has 7 heteroatoms. The van der Waals surface area contributed by atoms with Gasteiger partial charge in [-0.2, -0.15) is 0 Å². The lowest BCUT2D eigenvalue weighted by Gasteiger charge is -2.09. The number of amides is 1. The van der Waals surface area contributed by atoms with Gasteiger partial charge in [-0.15, -0.1) is 0 Å². The number of ether oxygens (including phenoxy) is 1. The van der Waals surface area contributed by atoms with Crippen molar-refractivity contribution >= 4 is 22.9 Å². The molecule has 0 atom stereocenters. The van der Waals surface area contributed by atoms with Crippen molar-refractivity contribution in [1.82, 2.24) is 4.98 Å². The second-order valence-corrected chi connectivity index (χ2v) is 4.90. The summed E-state index contributed by atoms with van der Waals surface area (Å²) in [6.07, 6.45) is 0.855. The van der Waals surface area contributed by atoms with Gasteiger partial charge in [0.05, 0.1) is 17.6 Å². The number of pyridine rings is 1. The van der Waals surface area contributed by atoms with Crippen molar-refractivity contribution in [3.63, 3.8) is 0 Å². The Morgan fingerprint density at radius 2 is 2.17 bits per heavy atom. The summed E-state index contributed by atoms with van der Waals surface area (Å²) in [5.41, 5.74) is 0.451. The van der Waals surface area contributed by atoms with Crippen LogP contribution in [-0.4, -0.2) is 22.8 Å². The van der Waals surface area contributed by atoms with Gasteiger partial charge in [0.25, 0.3) is 0 Å². The summed E-state index contributed by atoms with van der Waals surface area (Å²) in [5, 5.41) is 12.3. The standard InChI is InChI=1S/C17H14N2O5/c1-2-23-17(22)19-16-11(4-3-7-18-16)15-9-13(21)12-8-10(20)5-6-14(12)24-15/h3-9,20H,2H2,1H3,(H,18,19,22). The molecule has 0 aliphatic rings. The van der Waals surface area contributed by atoms with Gasteiger partial charge in [0, 0.05) is 12.3 Å². The maximum atomic E-state index is 12.3. The second kappa shape index (κ2) is 6.41. The number of fused-ring (bicyclic) bond motifs is 1. The number of carbonyl (C=O) groups is 1. The molecule has 7 nitrogen and oxygen atoms in total. The number of carbonyl (C=O) groups excluding carboxylic acids is 1. The number of hydrogen-bond donors (Lipinski definition) is 2. The van der Waals surface area contributed by atoms with Gasteiger partial charge in [-0.1, -0.05) is 0 Å². The molecule has 0 saturated heterocycles. The van der Waals surface area contributed by atoms with Gasteiger partial charge in [0.1, 0.15) is 22.9 Å². The van der Waals surface area contributed by atoms with Crippen molar-refractivity contribution in [2.24, 2.45) is 0 Å². The van der Waals surface area contributed by atoms with Gasteiger partial charge in [-0.05, 0) is 37.3 Å². The molecule has 1 aromatic carbocycles. The number of phenolic OH excluding ortho intramolecular Hbond substituents is 1. The van der Waals surface area contributed by atoms with E-state index in [2.05, 4.69) is 10.3 Å². The van der Waals surface area contributed by atoms with Crippen LogP contribution in [-0.2, 0) is 4.74 Å². The summed E-state index contributed by atoms with van der Waals surface area (Å²) < 4.78 is 10.6. The Labute approximate surface area is 136 Å². The van der Waals surface area contributed by atoms with Crippen LogP contribution in [0.15, 0.2) is 51.8 Å². The fourth-order valence-electron chi connectivity index (χ4n) is 2.24. The van der Waals surface area contributed by atoms with Crippen molar-refractivity contribution < 1.29 is 19.1 Å². The van der Waals surface area contributed by atoms with E-state index < -0.39 is 6.09 Å². The van der Waals surface area contributed by atoms with Crippen LogP contribution in [0.1, 0.15) is 6.92 Å². The first kappa shape index (κ1) is 15.5. The second-order valence-electron chi connectivity index (χ2n) is 4.90. The zero-order valence-corrected chi connectivity index (χ0v) is 12.8. The molecular weight excluding hydrogens is 312 g/mol. The molecule has 3 aromatic rings. The fourth-order valence-corrected chi connectivity index (χ4v) is 2.24. The van der Waals surface area contributed by atoms with Crippen LogP contribution in [0.4, 0.5) is 10.6 Å². The number of benzene rings is 1. The first-order chi connectivity index (χ1) is 11.6. The highest BCUT2D eigenvalue weighted by Crippen LogP contribution is 2.28. The molecule has 122 valence electrons. The maximum absolute atomic E-state index is 12.3. The predicted molar refractivity (Wildman–Crippen MR) is 88.0 cm³/mol.